The number of benzene rings is 2. The maximum absolute atomic E-state index is 9.79. The largest absolute Gasteiger partial charge is 0.378 e. The first-order chi connectivity index (χ1) is 11.0. The van der Waals surface area contributed by atoms with Crippen LogP contribution >= 0.6 is 0 Å². The van der Waals surface area contributed by atoms with Gasteiger partial charge >= 0.3 is 0 Å². The summed E-state index contributed by atoms with van der Waals surface area (Å²) < 4.78 is 0. The number of allylic oxidation sites excluding steroid dienone is 1. The Balaban J connectivity index is 1.96. The molecule has 0 aromatic heterocycles. The SMILES string of the molecule is CC[C@](C)(O)C#C/C=C/CN[C@H](C)c1cccc2ccccc12. The van der Waals surface area contributed by atoms with Crippen molar-refractivity contribution in [1.82, 2.24) is 5.32 Å². The standard InChI is InChI=1S/C21H25NO/c1-4-21(3,23)15-8-5-9-16-22-17(2)19-14-10-12-18-11-6-7-13-20(18)19/h5-7,9-14,17,22-23H,4,16H2,1-3H3/b9-5+/t17-,21+/m1/s1. The smallest absolute Gasteiger partial charge is 0.122 e. The van der Waals surface area contributed by atoms with E-state index in [0.29, 0.717) is 6.42 Å². The number of rotatable bonds is 5. The Hall–Kier alpha value is -2.08. The van der Waals surface area contributed by atoms with E-state index in [2.05, 4.69) is 66.5 Å². The van der Waals surface area contributed by atoms with Gasteiger partial charge in [0.15, 0.2) is 0 Å². The quantitative estimate of drug-likeness (QED) is 0.811. The molecule has 2 atom stereocenters. The zero-order chi connectivity index (χ0) is 16.7. The molecule has 0 aliphatic heterocycles. The summed E-state index contributed by atoms with van der Waals surface area (Å²) in [6.45, 7) is 6.57. The summed E-state index contributed by atoms with van der Waals surface area (Å²) in [5, 5.41) is 15.8. The van der Waals surface area contributed by atoms with Crippen molar-refractivity contribution < 1.29 is 5.11 Å². The lowest BCUT2D eigenvalue weighted by atomic mass is 10.00. The third-order valence-electron chi connectivity index (χ3n) is 4.06. The summed E-state index contributed by atoms with van der Waals surface area (Å²) in [7, 11) is 0. The van der Waals surface area contributed by atoms with E-state index in [1.165, 1.54) is 16.3 Å². The second-order valence-corrected chi connectivity index (χ2v) is 6.00. The lowest BCUT2D eigenvalue weighted by molar-refractivity contribution is 0.118. The summed E-state index contributed by atoms with van der Waals surface area (Å²) in [4.78, 5) is 0. The van der Waals surface area contributed by atoms with E-state index in [-0.39, 0.29) is 6.04 Å². The molecule has 0 saturated heterocycles. The van der Waals surface area contributed by atoms with Crippen LogP contribution < -0.4 is 5.32 Å². The molecule has 23 heavy (non-hydrogen) atoms. The number of hydrogen-bond donors (Lipinski definition) is 2. The molecular weight excluding hydrogens is 282 g/mol. The zero-order valence-corrected chi connectivity index (χ0v) is 14.1. The Morgan fingerprint density at radius 3 is 2.74 bits per heavy atom. The molecule has 0 aliphatic carbocycles. The number of fused-ring (bicyclic) bond motifs is 1. The highest BCUT2D eigenvalue weighted by molar-refractivity contribution is 5.86. The van der Waals surface area contributed by atoms with Crippen molar-refractivity contribution in [3.63, 3.8) is 0 Å². The van der Waals surface area contributed by atoms with Gasteiger partial charge in [0.25, 0.3) is 0 Å². The van der Waals surface area contributed by atoms with Crippen LogP contribution in [-0.4, -0.2) is 17.3 Å². The summed E-state index contributed by atoms with van der Waals surface area (Å²) in [6, 6.07) is 15.1. The zero-order valence-electron chi connectivity index (χ0n) is 14.1. The van der Waals surface area contributed by atoms with Crippen LogP contribution in [-0.2, 0) is 0 Å². The number of nitrogens with one attached hydrogen (secondary N) is 1. The first-order valence-corrected chi connectivity index (χ1v) is 8.14. The minimum atomic E-state index is -0.895. The van der Waals surface area contributed by atoms with Crippen LogP contribution in [0.25, 0.3) is 10.8 Å². The predicted molar refractivity (Wildman–Crippen MR) is 98.2 cm³/mol. The number of aliphatic hydroxyl groups is 1. The summed E-state index contributed by atoms with van der Waals surface area (Å²) in [5.41, 5.74) is 0.407. The Bertz CT molecular complexity index is 729. The second-order valence-electron chi connectivity index (χ2n) is 6.00. The maximum atomic E-state index is 9.79. The van der Waals surface area contributed by atoms with Gasteiger partial charge in [-0.25, -0.2) is 0 Å². The van der Waals surface area contributed by atoms with Gasteiger partial charge in [-0.05, 0) is 42.7 Å². The molecule has 0 radical (unpaired) electrons. The molecule has 0 saturated carbocycles. The van der Waals surface area contributed by atoms with Crippen LogP contribution in [0, 0.1) is 11.8 Å². The van der Waals surface area contributed by atoms with E-state index >= 15 is 0 Å². The molecule has 120 valence electrons. The van der Waals surface area contributed by atoms with Gasteiger partial charge in [-0.15, -0.1) is 0 Å². The molecule has 0 spiro atoms. The van der Waals surface area contributed by atoms with E-state index in [9.17, 15) is 5.11 Å². The van der Waals surface area contributed by atoms with E-state index in [0.717, 1.165) is 6.54 Å². The highest BCUT2D eigenvalue weighted by atomic mass is 16.3. The molecule has 2 aromatic rings. The first kappa shape index (κ1) is 17.3. The van der Waals surface area contributed by atoms with Gasteiger partial charge in [0.1, 0.15) is 5.60 Å². The van der Waals surface area contributed by atoms with Crippen LogP contribution in [0.3, 0.4) is 0 Å². The average molecular weight is 307 g/mol. The average Bonchev–Trinajstić information content (AvgIpc) is 2.57. The fraction of sp³-hybridized carbons (Fsp3) is 0.333. The molecule has 0 bridgehead atoms. The second kappa shape index (κ2) is 7.97. The maximum Gasteiger partial charge on any atom is 0.122 e. The Morgan fingerprint density at radius 1 is 1.22 bits per heavy atom. The highest BCUT2D eigenvalue weighted by Gasteiger charge is 2.11. The van der Waals surface area contributed by atoms with Gasteiger partial charge < -0.3 is 10.4 Å². The summed E-state index contributed by atoms with van der Waals surface area (Å²) >= 11 is 0. The van der Waals surface area contributed by atoms with E-state index in [1.54, 1.807) is 13.0 Å². The Labute approximate surface area is 139 Å². The van der Waals surface area contributed by atoms with Crippen LogP contribution in [0.15, 0.2) is 54.6 Å². The number of hydrogen-bond acceptors (Lipinski definition) is 2. The van der Waals surface area contributed by atoms with Gasteiger partial charge in [-0.3, -0.25) is 0 Å². The normalized spacial score (nSPS) is 15.1. The van der Waals surface area contributed by atoms with Gasteiger partial charge in [0, 0.05) is 12.6 Å². The minimum Gasteiger partial charge on any atom is -0.378 e. The Kier molecular flexibility index (Phi) is 5.98. The molecule has 2 nitrogen and oxygen atoms in total. The fourth-order valence-electron chi connectivity index (χ4n) is 2.39. The van der Waals surface area contributed by atoms with E-state index in [1.807, 2.05) is 13.0 Å². The molecule has 0 amide bonds. The van der Waals surface area contributed by atoms with Crippen molar-refractivity contribution >= 4 is 10.8 Å². The lowest BCUT2D eigenvalue weighted by Gasteiger charge is -2.15. The Morgan fingerprint density at radius 2 is 1.96 bits per heavy atom. The third kappa shape index (κ3) is 4.96. The third-order valence-corrected chi connectivity index (χ3v) is 4.06. The van der Waals surface area contributed by atoms with Crippen LogP contribution in [0.1, 0.15) is 38.8 Å². The van der Waals surface area contributed by atoms with Gasteiger partial charge in [-0.2, -0.15) is 0 Å². The molecule has 0 unspecified atom stereocenters. The van der Waals surface area contributed by atoms with Crippen LogP contribution in [0.5, 0.6) is 0 Å². The molecule has 0 aliphatic rings. The fourth-order valence-corrected chi connectivity index (χ4v) is 2.39. The monoisotopic (exact) mass is 307 g/mol. The van der Waals surface area contributed by atoms with Crippen molar-refractivity contribution in [2.24, 2.45) is 0 Å². The molecule has 2 rings (SSSR count). The van der Waals surface area contributed by atoms with Gasteiger partial charge in [0.05, 0.1) is 0 Å². The van der Waals surface area contributed by atoms with Gasteiger partial charge in [0.2, 0.25) is 0 Å². The topological polar surface area (TPSA) is 32.3 Å². The molecular formula is C21H25NO. The van der Waals surface area contributed by atoms with Crippen molar-refractivity contribution in [3.8, 4) is 11.8 Å². The molecule has 2 heteroatoms. The van der Waals surface area contributed by atoms with Crippen molar-refractivity contribution in [1.29, 1.82) is 0 Å². The highest BCUT2D eigenvalue weighted by Crippen LogP contribution is 2.23. The van der Waals surface area contributed by atoms with Crippen molar-refractivity contribution in [3.05, 3.63) is 60.2 Å². The van der Waals surface area contributed by atoms with Crippen molar-refractivity contribution in [2.75, 3.05) is 6.54 Å². The molecule has 2 aromatic carbocycles. The van der Waals surface area contributed by atoms with Crippen LogP contribution in [0.2, 0.25) is 0 Å². The minimum absolute atomic E-state index is 0.262. The van der Waals surface area contributed by atoms with Crippen molar-refractivity contribution in [2.45, 2.75) is 38.8 Å². The molecule has 2 N–H and O–H groups in total. The summed E-state index contributed by atoms with van der Waals surface area (Å²) in [5.74, 6) is 5.74. The first-order valence-electron chi connectivity index (χ1n) is 8.14. The summed E-state index contributed by atoms with van der Waals surface area (Å²) in [6.07, 6.45) is 4.41. The van der Waals surface area contributed by atoms with Crippen LogP contribution in [0.4, 0.5) is 0 Å². The molecule has 0 heterocycles. The molecule has 0 fully saturated rings. The predicted octanol–water partition coefficient (Wildman–Crippen LogP) is 4.21. The lowest BCUT2D eigenvalue weighted by Crippen LogP contribution is -2.19. The van der Waals surface area contributed by atoms with E-state index < -0.39 is 5.60 Å². The van der Waals surface area contributed by atoms with Gasteiger partial charge in [-0.1, -0.05) is 67.3 Å². The van der Waals surface area contributed by atoms with E-state index in [4.69, 9.17) is 0 Å².